The highest BCUT2D eigenvalue weighted by atomic mass is 35.5. The average Bonchev–Trinajstić information content (AvgIpc) is 3.09. The third kappa shape index (κ3) is 5.99. The summed E-state index contributed by atoms with van der Waals surface area (Å²) in [4.78, 5) is 19.6. The van der Waals surface area contributed by atoms with E-state index in [1.54, 1.807) is 19.4 Å². The number of nitrogens with two attached hydrogens (primary N) is 1. The molecular weight excluding hydrogens is 399 g/mol. The maximum absolute atomic E-state index is 12.2. The minimum absolute atomic E-state index is 0. The molecule has 3 rings (SSSR count). The molecule has 0 radical (unpaired) electrons. The molecule has 0 aliphatic heterocycles. The number of ether oxygens (including phenoxy) is 1. The number of carbonyl (C=O) groups is 1. The summed E-state index contributed by atoms with van der Waals surface area (Å²) in [6.07, 6.45) is 7.52. The summed E-state index contributed by atoms with van der Waals surface area (Å²) in [5.74, 6) is 0.630. The summed E-state index contributed by atoms with van der Waals surface area (Å²) >= 11 is 0. The predicted molar refractivity (Wildman–Crippen MR) is 117 cm³/mol. The number of benzene rings is 1. The molecule has 6 nitrogen and oxygen atoms in total. The number of aromatic nitrogens is 2. The van der Waals surface area contributed by atoms with Gasteiger partial charge in [0.25, 0.3) is 0 Å². The first-order valence-electron chi connectivity index (χ1n) is 8.43. The van der Waals surface area contributed by atoms with Crippen molar-refractivity contribution in [3.63, 3.8) is 0 Å². The first-order chi connectivity index (χ1) is 12.7. The van der Waals surface area contributed by atoms with Crippen LogP contribution in [-0.4, -0.2) is 35.6 Å². The van der Waals surface area contributed by atoms with E-state index in [-0.39, 0.29) is 36.8 Å². The minimum atomic E-state index is -0.174. The molecule has 0 spiro atoms. The molecule has 0 bridgehead atoms. The molecule has 3 aromatic rings. The zero-order chi connectivity index (χ0) is 18.4. The highest BCUT2D eigenvalue weighted by Crippen LogP contribution is 2.17. The lowest BCUT2D eigenvalue weighted by Crippen LogP contribution is -2.40. The third-order valence-electron chi connectivity index (χ3n) is 4.17. The van der Waals surface area contributed by atoms with E-state index in [4.69, 9.17) is 10.5 Å². The molecule has 0 saturated carbocycles. The molecule has 0 saturated heterocycles. The van der Waals surface area contributed by atoms with Crippen molar-refractivity contribution in [3.05, 3.63) is 66.0 Å². The van der Waals surface area contributed by atoms with Crippen molar-refractivity contribution in [1.82, 2.24) is 15.3 Å². The number of halogens is 2. The molecule has 0 unspecified atom stereocenters. The highest BCUT2D eigenvalue weighted by molar-refractivity contribution is 5.95. The summed E-state index contributed by atoms with van der Waals surface area (Å²) in [6.45, 7) is 0.364. The number of nitrogens with zero attached hydrogens (tertiary/aromatic N) is 1. The molecule has 0 aliphatic carbocycles. The van der Waals surface area contributed by atoms with Crippen molar-refractivity contribution >= 4 is 47.8 Å². The first-order valence-corrected chi connectivity index (χ1v) is 8.43. The zero-order valence-corrected chi connectivity index (χ0v) is 17.1. The van der Waals surface area contributed by atoms with Gasteiger partial charge < -0.3 is 20.8 Å². The van der Waals surface area contributed by atoms with Crippen molar-refractivity contribution in [2.75, 3.05) is 13.7 Å². The van der Waals surface area contributed by atoms with Crippen LogP contribution >= 0.6 is 24.8 Å². The number of H-pyrrole nitrogens is 1. The van der Waals surface area contributed by atoms with E-state index in [0.717, 1.165) is 27.9 Å². The molecule has 1 atom stereocenters. The van der Waals surface area contributed by atoms with E-state index in [1.165, 1.54) is 6.08 Å². The summed E-state index contributed by atoms with van der Waals surface area (Å²) in [5, 5.41) is 3.92. The van der Waals surface area contributed by atoms with Crippen molar-refractivity contribution in [3.8, 4) is 5.75 Å². The maximum atomic E-state index is 12.2. The quantitative estimate of drug-likeness (QED) is 0.509. The van der Waals surface area contributed by atoms with E-state index < -0.39 is 0 Å². The van der Waals surface area contributed by atoms with Gasteiger partial charge in [-0.3, -0.25) is 4.79 Å². The predicted octanol–water partition coefficient (Wildman–Crippen LogP) is 3.11. The molecular formula is C20H24Cl2N4O2. The number of methoxy groups -OCH3 is 1. The molecule has 2 heterocycles. The Kier molecular flexibility index (Phi) is 9.51. The van der Waals surface area contributed by atoms with Crippen LogP contribution in [0.4, 0.5) is 0 Å². The van der Waals surface area contributed by atoms with Crippen LogP contribution in [0.3, 0.4) is 0 Å². The number of amides is 1. The number of rotatable bonds is 7. The minimum Gasteiger partial charge on any atom is -0.497 e. The summed E-state index contributed by atoms with van der Waals surface area (Å²) in [5.41, 5.74) is 8.62. The van der Waals surface area contributed by atoms with E-state index in [9.17, 15) is 4.79 Å². The molecule has 1 aromatic carbocycles. The van der Waals surface area contributed by atoms with Gasteiger partial charge >= 0.3 is 0 Å². The van der Waals surface area contributed by atoms with Gasteiger partial charge in [-0.15, -0.1) is 24.8 Å². The van der Waals surface area contributed by atoms with Crippen LogP contribution in [0.15, 0.2) is 54.9 Å². The Morgan fingerprint density at radius 3 is 2.71 bits per heavy atom. The fourth-order valence-electron chi connectivity index (χ4n) is 2.77. The van der Waals surface area contributed by atoms with E-state index >= 15 is 0 Å². The van der Waals surface area contributed by atoms with Gasteiger partial charge in [-0.05, 0) is 42.3 Å². The van der Waals surface area contributed by atoms with Crippen molar-refractivity contribution in [2.45, 2.75) is 12.5 Å². The first kappa shape index (κ1) is 23.5. The van der Waals surface area contributed by atoms with Crippen LogP contribution in [0.25, 0.3) is 17.1 Å². The standard InChI is InChI=1S/C20H22N4O2.2ClH/c1-26-17-7-4-14(5-8-17)11-16(12-21)24-19(25)9-6-15-13-23-20-18(15)3-2-10-22-20;;/h2-10,13,16H,11-12,21H2,1H3,(H,22,23)(H,24,25);2*1H/b9-6+;;/t16-;;/m0../s1. The molecule has 28 heavy (non-hydrogen) atoms. The average molecular weight is 423 g/mol. The van der Waals surface area contributed by atoms with Gasteiger partial charge in [-0.2, -0.15) is 0 Å². The number of hydrogen-bond acceptors (Lipinski definition) is 4. The molecule has 2 aromatic heterocycles. The zero-order valence-electron chi connectivity index (χ0n) is 15.4. The van der Waals surface area contributed by atoms with Gasteiger partial charge in [0.05, 0.1) is 7.11 Å². The molecule has 4 N–H and O–H groups in total. The fraction of sp³-hybridized carbons (Fsp3) is 0.200. The lowest BCUT2D eigenvalue weighted by molar-refractivity contribution is -0.117. The Hall–Kier alpha value is -2.54. The van der Waals surface area contributed by atoms with E-state index in [0.29, 0.717) is 13.0 Å². The summed E-state index contributed by atoms with van der Waals surface area (Å²) in [7, 11) is 1.63. The monoisotopic (exact) mass is 422 g/mol. The maximum Gasteiger partial charge on any atom is 0.244 e. The number of fused-ring (bicyclic) bond motifs is 1. The van der Waals surface area contributed by atoms with Crippen LogP contribution in [0, 0.1) is 0 Å². The molecule has 0 fully saturated rings. The largest absolute Gasteiger partial charge is 0.497 e. The van der Waals surface area contributed by atoms with Gasteiger partial charge in [0, 0.05) is 42.0 Å². The molecule has 0 aliphatic rings. The smallest absolute Gasteiger partial charge is 0.244 e. The number of carbonyl (C=O) groups excluding carboxylic acids is 1. The van der Waals surface area contributed by atoms with Crippen molar-refractivity contribution in [1.29, 1.82) is 0 Å². The molecule has 150 valence electrons. The van der Waals surface area contributed by atoms with Gasteiger partial charge in [-0.25, -0.2) is 4.98 Å². The van der Waals surface area contributed by atoms with Gasteiger partial charge in [0.2, 0.25) is 5.91 Å². The number of hydrogen-bond donors (Lipinski definition) is 3. The van der Waals surface area contributed by atoms with Crippen molar-refractivity contribution in [2.24, 2.45) is 5.73 Å². The topological polar surface area (TPSA) is 93.0 Å². The SMILES string of the molecule is COc1ccc(C[C@@H](CN)NC(=O)/C=C/c2c[nH]c3ncccc23)cc1.Cl.Cl. The van der Waals surface area contributed by atoms with Gasteiger partial charge in [0.15, 0.2) is 0 Å². The van der Waals surface area contributed by atoms with Gasteiger partial charge in [-0.1, -0.05) is 12.1 Å². The molecule has 1 amide bonds. The Morgan fingerprint density at radius 1 is 1.29 bits per heavy atom. The molecule has 8 heteroatoms. The lowest BCUT2D eigenvalue weighted by Gasteiger charge is -2.16. The summed E-state index contributed by atoms with van der Waals surface area (Å²) in [6, 6.07) is 11.4. The fourth-order valence-corrected chi connectivity index (χ4v) is 2.77. The van der Waals surface area contributed by atoms with Crippen LogP contribution in [-0.2, 0) is 11.2 Å². The van der Waals surface area contributed by atoms with Crippen LogP contribution < -0.4 is 15.8 Å². The normalized spacial score (nSPS) is 11.5. The van der Waals surface area contributed by atoms with Crippen LogP contribution in [0.2, 0.25) is 0 Å². The van der Waals surface area contributed by atoms with Crippen LogP contribution in [0.1, 0.15) is 11.1 Å². The second-order valence-electron chi connectivity index (χ2n) is 5.97. The number of aromatic amines is 1. The van der Waals surface area contributed by atoms with E-state index in [1.807, 2.05) is 42.6 Å². The van der Waals surface area contributed by atoms with Gasteiger partial charge in [0.1, 0.15) is 11.4 Å². The Morgan fingerprint density at radius 2 is 2.04 bits per heavy atom. The Bertz CT molecular complexity index is 910. The lowest BCUT2D eigenvalue weighted by atomic mass is 10.1. The second-order valence-corrected chi connectivity index (χ2v) is 5.97. The van der Waals surface area contributed by atoms with Crippen LogP contribution in [0.5, 0.6) is 5.75 Å². The third-order valence-corrected chi connectivity index (χ3v) is 4.17. The number of pyridine rings is 1. The second kappa shape index (κ2) is 11.3. The Labute approximate surface area is 176 Å². The number of nitrogens with one attached hydrogen (secondary N) is 2. The summed E-state index contributed by atoms with van der Waals surface area (Å²) < 4.78 is 5.15. The van der Waals surface area contributed by atoms with E-state index in [2.05, 4.69) is 15.3 Å². The Balaban J connectivity index is 0.00000196. The van der Waals surface area contributed by atoms with Crippen molar-refractivity contribution < 1.29 is 9.53 Å². The highest BCUT2D eigenvalue weighted by Gasteiger charge is 2.10.